The standard InChI is InChI=1S/C13H17F3N2O2.ClH/c1-8(7-17)12(19)18-9(2)10-4-3-5-11(6-10)20-13(14,15)16;/h3-6,8-9H,7,17H2,1-2H3,(H,18,19);1H. The van der Waals surface area contributed by atoms with Gasteiger partial charge >= 0.3 is 6.36 Å². The van der Waals surface area contributed by atoms with Crippen molar-refractivity contribution in [1.29, 1.82) is 0 Å². The van der Waals surface area contributed by atoms with Gasteiger partial charge in [-0.25, -0.2) is 0 Å². The summed E-state index contributed by atoms with van der Waals surface area (Å²) in [6, 6.07) is 5.06. The van der Waals surface area contributed by atoms with E-state index in [1.807, 2.05) is 0 Å². The van der Waals surface area contributed by atoms with Crippen LogP contribution in [0, 0.1) is 5.92 Å². The van der Waals surface area contributed by atoms with E-state index < -0.39 is 12.4 Å². The highest BCUT2D eigenvalue weighted by molar-refractivity contribution is 5.85. The summed E-state index contributed by atoms with van der Waals surface area (Å²) in [5, 5.41) is 2.68. The predicted octanol–water partition coefficient (Wildman–Crippen LogP) is 2.78. The van der Waals surface area contributed by atoms with Crippen LogP contribution < -0.4 is 15.8 Å². The summed E-state index contributed by atoms with van der Waals surface area (Å²) in [6.07, 6.45) is -4.74. The average Bonchev–Trinajstić information content (AvgIpc) is 2.35. The summed E-state index contributed by atoms with van der Waals surface area (Å²) in [4.78, 5) is 11.7. The summed E-state index contributed by atoms with van der Waals surface area (Å²) in [7, 11) is 0. The molecule has 1 aromatic carbocycles. The average molecular weight is 327 g/mol. The molecule has 1 aromatic rings. The molecule has 0 fully saturated rings. The molecule has 2 atom stereocenters. The number of carbonyl (C=O) groups excluding carboxylic acids is 1. The highest BCUT2D eigenvalue weighted by Crippen LogP contribution is 2.25. The van der Waals surface area contributed by atoms with Crippen LogP contribution in [0.5, 0.6) is 5.75 Å². The Labute approximate surface area is 127 Å². The van der Waals surface area contributed by atoms with Gasteiger partial charge in [0.15, 0.2) is 0 Å². The van der Waals surface area contributed by atoms with E-state index in [0.29, 0.717) is 5.56 Å². The summed E-state index contributed by atoms with van der Waals surface area (Å²) in [6.45, 7) is 3.55. The molecule has 0 aliphatic rings. The van der Waals surface area contributed by atoms with Gasteiger partial charge in [0.2, 0.25) is 5.91 Å². The quantitative estimate of drug-likeness (QED) is 0.874. The fraction of sp³-hybridized carbons (Fsp3) is 0.462. The fourth-order valence-corrected chi connectivity index (χ4v) is 1.53. The molecule has 0 aliphatic heterocycles. The first kappa shape index (κ1) is 19.5. The second kappa shape index (κ2) is 8.09. The minimum absolute atomic E-state index is 0. The number of carbonyl (C=O) groups is 1. The minimum Gasteiger partial charge on any atom is -0.406 e. The number of benzene rings is 1. The van der Waals surface area contributed by atoms with Crippen LogP contribution in [-0.4, -0.2) is 18.8 Å². The van der Waals surface area contributed by atoms with Crippen LogP contribution in [0.15, 0.2) is 24.3 Å². The van der Waals surface area contributed by atoms with Gasteiger partial charge in [-0.05, 0) is 24.6 Å². The summed E-state index contributed by atoms with van der Waals surface area (Å²) >= 11 is 0. The van der Waals surface area contributed by atoms with Crippen LogP contribution in [0.4, 0.5) is 13.2 Å². The maximum Gasteiger partial charge on any atom is 0.573 e. The Morgan fingerprint density at radius 2 is 2.00 bits per heavy atom. The summed E-state index contributed by atoms with van der Waals surface area (Å²) < 4.78 is 40.2. The van der Waals surface area contributed by atoms with Gasteiger partial charge in [0.05, 0.1) is 6.04 Å². The summed E-state index contributed by atoms with van der Waals surface area (Å²) in [5.41, 5.74) is 5.89. The van der Waals surface area contributed by atoms with Crippen molar-refractivity contribution in [3.05, 3.63) is 29.8 Å². The largest absolute Gasteiger partial charge is 0.573 e. The number of ether oxygens (including phenoxy) is 1. The molecule has 0 heterocycles. The van der Waals surface area contributed by atoms with E-state index in [1.54, 1.807) is 19.9 Å². The molecule has 0 aromatic heterocycles. The van der Waals surface area contributed by atoms with E-state index in [0.717, 1.165) is 0 Å². The number of alkyl halides is 3. The molecule has 0 saturated carbocycles. The van der Waals surface area contributed by atoms with E-state index in [-0.39, 0.29) is 36.5 Å². The molecule has 8 heteroatoms. The Hall–Kier alpha value is -1.47. The Morgan fingerprint density at radius 3 is 2.52 bits per heavy atom. The maximum absolute atomic E-state index is 12.1. The van der Waals surface area contributed by atoms with Crippen LogP contribution >= 0.6 is 12.4 Å². The van der Waals surface area contributed by atoms with Gasteiger partial charge in [-0.3, -0.25) is 4.79 Å². The topological polar surface area (TPSA) is 64.4 Å². The van der Waals surface area contributed by atoms with Gasteiger partial charge in [-0.2, -0.15) is 0 Å². The number of hydrogen-bond donors (Lipinski definition) is 2. The van der Waals surface area contributed by atoms with Crippen molar-refractivity contribution in [3.8, 4) is 5.75 Å². The van der Waals surface area contributed by atoms with Gasteiger partial charge in [0.25, 0.3) is 0 Å². The molecule has 4 nitrogen and oxygen atoms in total. The first-order chi connectivity index (χ1) is 9.23. The number of amides is 1. The van der Waals surface area contributed by atoms with E-state index in [1.165, 1.54) is 18.2 Å². The van der Waals surface area contributed by atoms with Crippen LogP contribution in [0.3, 0.4) is 0 Å². The molecule has 0 radical (unpaired) electrons. The second-order valence-corrected chi connectivity index (χ2v) is 4.49. The highest BCUT2D eigenvalue weighted by atomic mass is 35.5. The monoisotopic (exact) mass is 326 g/mol. The molecule has 120 valence electrons. The van der Waals surface area contributed by atoms with Crippen molar-refractivity contribution in [2.24, 2.45) is 11.7 Å². The molecule has 0 aliphatic carbocycles. The van der Waals surface area contributed by atoms with E-state index >= 15 is 0 Å². The first-order valence-corrected chi connectivity index (χ1v) is 6.09. The number of rotatable bonds is 5. The van der Waals surface area contributed by atoms with Crippen LogP contribution in [0.1, 0.15) is 25.5 Å². The number of nitrogens with one attached hydrogen (secondary N) is 1. The zero-order valence-corrected chi connectivity index (χ0v) is 12.4. The van der Waals surface area contributed by atoms with Crippen molar-refractivity contribution in [3.63, 3.8) is 0 Å². The van der Waals surface area contributed by atoms with Gasteiger partial charge in [0.1, 0.15) is 5.75 Å². The number of nitrogens with two attached hydrogens (primary N) is 1. The van der Waals surface area contributed by atoms with Crippen molar-refractivity contribution < 1.29 is 22.7 Å². The lowest BCUT2D eigenvalue weighted by Crippen LogP contribution is -2.34. The zero-order valence-electron chi connectivity index (χ0n) is 11.6. The lowest BCUT2D eigenvalue weighted by Gasteiger charge is -2.18. The molecule has 0 bridgehead atoms. The van der Waals surface area contributed by atoms with Gasteiger partial charge in [-0.15, -0.1) is 25.6 Å². The Morgan fingerprint density at radius 1 is 1.38 bits per heavy atom. The number of halogens is 4. The Balaban J connectivity index is 0.00000400. The molecule has 3 N–H and O–H groups in total. The smallest absolute Gasteiger partial charge is 0.406 e. The zero-order chi connectivity index (χ0) is 15.3. The molecular formula is C13H18ClF3N2O2. The highest BCUT2D eigenvalue weighted by Gasteiger charge is 2.31. The predicted molar refractivity (Wildman–Crippen MR) is 75.1 cm³/mol. The molecule has 21 heavy (non-hydrogen) atoms. The van der Waals surface area contributed by atoms with Gasteiger partial charge < -0.3 is 15.8 Å². The first-order valence-electron chi connectivity index (χ1n) is 6.09. The lowest BCUT2D eigenvalue weighted by molar-refractivity contribution is -0.274. The minimum atomic E-state index is -4.74. The van der Waals surface area contributed by atoms with Crippen LogP contribution in [-0.2, 0) is 4.79 Å². The third-order valence-electron chi connectivity index (χ3n) is 2.75. The second-order valence-electron chi connectivity index (χ2n) is 4.49. The molecule has 0 spiro atoms. The van der Waals surface area contributed by atoms with Gasteiger partial charge in [-0.1, -0.05) is 19.1 Å². The fourth-order valence-electron chi connectivity index (χ4n) is 1.53. The Kier molecular flexibility index (Phi) is 7.52. The normalized spacial score (nSPS) is 13.8. The summed E-state index contributed by atoms with van der Waals surface area (Å²) in [5.74, 6) is -0.919. The lowest BCUT2D eigenvalue weighted by atomic mass is 10.1. The molecule has 0 saturated heterocycles. The molecule has 1 rings (SSSR count). The molecular weight excluding hydrogens is 309 g/mol. The SMILES string of the molecule is CC(CN)C(=O)NC(C)c1cccc(OC(F)(F)F)c1.Cl. The van der Waals surface area contributed by atoms with Crippen LogP contribution in [0.25, 0.3) is 0 Å². The van der Waals surface area contributed by atoms with Crippen molar-refractivity contribution in [2.45, 2.75) is 26.3 Å². The molecule has 1 amide bonds. The van der Waals surface area contributed by atoms with Gasteiger partial charge in [0, 0.05) is 12.5 Å². The number of hydrogen-bond acceptors (Lipinski definition) is 3. The molecule has 2 unspecified atom stereocenters. The van der Waals surface area contributed by atoms with E-state index in [9.17, 15) is 18.0 Å². The van der Waals surface area contributed by atoms with Crippen LogP contribution in [0.2, 0.25) is 0 Å². The third kappa shape index (κ3) is 6.68. The van der Waals surface area contributed by atoms with Crippen molar-refractivity contribution >= 4 is 18.3 Å². The third-order valence-corrected chi connectivity index (χ3v) is 2.75. The van der Waals surface area contributed by atoms with E-state index in [4.69, 9.17) is 5.73 Å². The maximum atomic E-state index is 12.1. The Bertz CT molecular complexity index is 469. The van der Waals surface area contributed by atoms with Crippen molar-refractivity contribution in [2.75, 3.05) is 6.54 Å². The van der Waals surface area contributed by atoms with Crippen molar-refractivity contribution in [1.82, 2.24) is 5.32 Å². The van der Waals surface area contributed by atoms with E-state index in [2.05, 4.69) is 10.1 Å².